The number of fused-ring (bicyclic) bond motifs is 1. The number of ketones is 1. The average molecular weight is 248 g/mol. The summed E-state index contributed by atoms with van der Waals surface area (Å²) in [6.07, 6.45) is -2.55. The van der Waals surface area contributed by atoms with Gasteiger partial charge < -0.3 is 5.11 Å². The molecule has 0 aliphatic rings. The van der Waals surface area contributed by atoms with Crippen molar-refractivity contribution in [2.75, 3.05) is 0 Å². The van der Waals surface area contributed by atoms with Gasteiger partial charge in [0.2, 0.25) is 5.78 Å². The minimum Gasteiger partial charge on any atom is -0.507 e. The van der Waals surface area contributed by atoms with Crippen molar-refractivity contribution in [3.8, 4) is 0 Å². The van der Waals surface area contributed by atoms with E-state index in [9.17, 15) is 18.7 Å². The van der Waals surface area contributed by atoms with Gasteiger partial charge in [-0.25, -0.2) is 8.78 Å². The van der Waals surface area contributed by atoms with Gasteiger partial charge >= 0.3 is 0 Å². The van der Waals surface area contributed by atoms with Crippen LogP contribution < -0.4 is 0 Å². The molecule has 0 atom stereocenters. The van der Waals surface area contributed by atoms with Gasteiger partial charge in [-0.05, 0) is 10.8 Å². The molecule has 0 heterocycles. The summed E-state index contributed by atoms with van der Waals surface area (Å²) in [5, 5.41) is 11.3. The molecular formula is C14H10F2O2. The molecule has 0 fully saturated rings. The molecule has 2 aromatic rings. The Bertz CT molecular complexity index is 613. The van der Waals surface area contributed by atoms with Crippen molar-refractivity contribution >= 4 is 22.3 Å². The first kappa shape index (κ1) is 12.2. The van der Waals surface area contributed by atoms with Crippen LogP contribution in [0.5, 0.6) is 0 Å². The van der Waals surface area contributed by atoms with Crippen molar-refractivity contribution in [2.24, 2.45) is 0 Å². The number of halogens is 2. The van der Waals surface area contributed by atoms with Crippen molar-refractivity contribution in [3.05, 3.63) is 54.1 Å². The van der Waals surface area contributed by atoms with Gasteiger partial charge in [-0.1, -0.05) is 42.5 Å². The van der Waals surface area contributed by atoms with Crippen LogP contribution in [-0.2, 0) is 4.79 Å². The highest BCUT2D eigenvalue weighted by Crippen LogP contribution is 2.23. The SMILES string of the molecule is O=C(C=C(O)c1cccc2ccccc12)C(F)F. The number of allylic oxidation sites excluding steroid dienone is 1. The van der Waals surface area contributed by atoms with E-state index in [0.717, 1.165) is 5.39 Å². The second-order valence-corrected chi connectivity index (χ2v) is 3.76. The Labute approximate surface area is 102 Å². The van der Waals surface area contributed by atoms with Gasteiger partial charge in [0.15, 0.2) is 0 Å². The zero-order chi connectivity index (χ0) is 13.1. The molecule has 2 aromatic carbocycles. The van der Waals surface area contributed by atoms with E-state index in [1.54, 1.807) is 24.3 Å². The number of hydrogen-bond acceptors (Lipinski definition) is 2. The first-order valence-corrected chi connectivity index (χ1v) is 5.30. The van der Waals surface area contributed by atoms with Crippen LogP contribution >= 0.6 is 0 Å². The van der Waals surface area contributed by atoms with Crippen LogP contribution in [0, 0.1) is 0 Å². The smallest absolute Gasteiger partial charge is 0.300 e. The lowest BCUT2D eigenvalue weighted by atomic mass is 10.0. The molecule has 2 rings (SSSR count). The summed E-state index contributed by atoms with van der Waals surface area (Å²) in [5.41, 5.74) is 0.363. The summed E-state index contributed by atoms with van der Waals surface area (Å²) in [5.74, 6) is -1.85. The van der Waals surface area contributed by atoms with Crippen LogP contribution in [-0.4, -0.2) is 17.3 Å². The van der Waals surface area contributed by atoms with Crippen LogP contribution in [0.3, 0.4) is 0 Å². The number of aliphatic hydroxyl groups is 1. The molecule has 0 spiro atoms. The first-order chi connectivity index (χ1) is 8.59. The molecule has 0 radical (unpaired) electrons. The fourth-order valence-corrected chi connectivity index (χ4v) is 1.72. The minimum atomic E-state index is -3.11. The van der Waals surface area contributed by atoms with Gasteiger partial charge in [0.05, 0.1) is 0 Å². The quantitative estimate of drug-likeness (QED) is 0.666. The molecule has 4 heteroatoms. The molecule has 0 saturated heterocycles. The predicted molar refractivity (Wildman–Crippen MR) is 65.6 cm³/mol. The number of alkyl halides is 2. The highest BCUT2D eigenvalue weighted by atomic mass is 19.3. The fraction of sp³-hybridized carbons (Fsp3) is 0.0714. The number of carbonyl (C=O) groups is 1. The van der Waals surface area contributed by atoms with E-state index in [-0.39, 0.29) is 0 Å². The molecule has 0 amide bonds. The zero-order valence-corrected chi connectivity index (χ0v) is 9.31. The molecule has 0 bridgehead atoms. The van der Waals surface area contributed by atoms with E-state index in [2.05, 4.69) is 0 Å². The summed E-state index contributed by atoms with van der Waals surface area (Å²) in [6, 6.07) is 12.3. The lowest BCUT2D eigenvalue weighted by Crippen LogP contribution is -2.06. The highest BCUT2D eigenvalue weighted by Gasteiger charge is 2.14. The Balaban J connectivity index is 2.51. The summed E-state index contributed by atoms with van der Waals surface area (Å²) >= 11 is 0. The monoisotopic (exact) mass is 248 g/mol. The van der Waals surface area contributed by atoms with Gasteiger partial charge in [-0.15, -0.1) is 0 Å². The van der Waals surface area contributed by atoms with Crippen molar-refractivity contribution < 1.29 is 18.7 Å². The molecule has 0 unspecified atom stereocenters. The number of aliphatic hydroxyl groups excluding tert-OH is 1. The third-order valence-electron chi connectivity index (χ3n) is 2.56. The maximum absolute atomic E-state index is 12.1. The van der Waals surface area contributed by atoms with E-state index in [1.807, 2.05) is 18.2 Å². The summed E-state index contributed by atoms with van der Waals surface area (Å²) < 4.78 is 24.2. The van der Waals surface area contributed by atoms with Gasteiger partial charge in [-0.3, -0.25) is 4.79 Å². The van der Waals surface area contributed by atoms with Gasteiger partial charge in [0.1, 0.15) is 5.76 Å². The number of carbonyl (C=O) groups excluding carboxylic acids is 1. The number of rotatable bonds is 3. The van der Waals surface area contributed by atoms with Crippen molar-refractivity contribution in [1.29, 1.82) is 0 Å². The van der Waals surface area contributed by atoms with E-state index in [1.165, 1.54) is 0 Å². The maximum Gasteiger partial charge on any atom is 0.300 e. The van der Waals surface area contributed by atoms with Crippen LogP contribution in [0.25, 0.3) is 16.5 Å². The van der Waals surface area contributed by atoms with Gasteiger partial charge in [-0.2, -0.15) is 0 Å². The standard InChI is InChI=1S/C14H10F2O2/c15-14(16)13(18)8-12(17)11-7-3-5-9-4-1-2-6-10(9)11/h1-8,14,17H. The molecule has 18 heavy (non-hydrogen) atoms. The lowest BCUT2D eigenvalue weighted by Gasteiger charge is -2.05. The minimum absolute atomic E-state index is 0.363. The van der Waals surface area contributed by atoms with Crippen LogP contribution in [0.2, 0.25) is 0 Å². The van der Waals surface area contributed by atoms with E-state index >= 15 is 0 Å². The molecule has 0 saturated carbocycles. The Morgan fingerprint density at radius 3 is 2.50 bits per heavy atom. The van der Waals surface area contributed by atoms with Crippen LogP contribution in [0.1, 0.15) is 5.56 Å². The molecule has 2 nitrogen and oxygen atoms in total. The largest absolute Gasteiger partial charge is 0.507 e. The second kappa shape index (κ2) is 4.96. The van der Waals surface area contributed by atoms with Crippen LogP contribution in [0.15, 0.2) is 48.5 Å². The lowest BCUT2D eigenvalue weighted by molar-refractivity contribution is -0.124. The van der Waals surface area contributed by atoms with Gasteiger partial charge in [0, 0.05) is 11.6 Å². The zero-order valence-electron chi connectivity index (χ0n) is 9.31. The summed E-state index contributed by atoms with van der Waals surface area (Å²) in [6.45, 7) is 0. The fourth-order valence-electron chi connectivity index (χ4n) is 1.72. The molecule has 0 aliphatic carbocycles. The molecule has 1 N–H and O–H groups in total. The van der Waals surface area contributed by atoms with Crippen LogP contribution in [0.4, 0.5) is 8.78 Å². The Morgan fingerprint density at radius 2 is 1.78 bits per heavy atom. The number of benzene rings is 2. The topological polar surface area (TPSA) is 37.3 Å². The van der Waals surface area contributed by atoms with Crippen molar-refractivity contribution in [1.82, 2.24) is 0 Å². The summed E-state index contributed by atoms with van der Waals surface area (Å²) in [4.78, 5) is 10.9. The van der Waals surface area contributed by atoms with E-state index in [4.69, 9.17) is 0 Å². The highest BCUT2D eigenvalue weighted by molar-refractivity contribution is 6.01. The van der Waals surface area contributed by atoms with Gasteiger partial charge in [0.25, 0.3) is 6.43 Å². The first-order valence-electron chi connectivity index (χ1n) is 5.30. The second-order valence-electron chi connectivity index (χ2n) is 3.76. The van der Waals surface area contributed by atoms with E-state index in [0.29, 0.717) is 17.0 Å². The normalized spacial score (nSPS) is 12.1. The Morgan fingerprint density at radius 1 is 1.11 bits per heavy atom. The Hall–Kier alpha value is -2.23. The summed E-state index contributed by atoms with van der Waals surface area (Å²) in [7, 11) is 0. The molecule has 92 valence electrons. The molecule has 0 aromatic heterocycles. The van der Waals surface area contributed by atoms with E-state index < -0.39 is 18.0 Å². The van der Waals surface area contributed by atoms with Crippen molar-refractivity contribution in [3.63, 3.8) is 0 Å². The molecular weight excluding hydrogens is 238 g/mol. The molecule has 0 aliphatic heterocycles. The third-order valence-corrected chi connectivity index (χ3v) is 2.56. The average Bonchev–Trinajstić information content (AvgIpc) is 2.37. The number of hydrogen-bond donors (Lipinski definition) is 1. The Kier molecular flexibility index (Phi) is 3.37. The predicted octanol–water partition coefficient (Wildman–Crippen LogP) is 3.57. The maximum atomic E-state index is 12.1. The van der Waals surface area contributed by atoms with Crippen molar-refractivity contribution in [2.45, 2.75) is 6.43 Å². The third kappa shape index (κ3) is 2.37.